The number of hydrogen-bond acceptors (Lipinski definition) is 1. The smallest absolute Gasteiger partial charge is 0.256 e. The van der Waals surface area contributed by atoms with Gasteiger partial charge in [-0.3, -0.25) is 4.79 Å². The molecule has 0 aromatic carbocycles. The molecule has 1 heterocycles. The Morgan fingerprint density at radius 3 is 2.83 bits per heavy atom. The van der Waals surface area contributed by atoms with Gasteiger partial charge in [0.1, 0.15) is 0 Å². The molecule has 0 saturated carbocycles. The maximum atomic E-state index is 11.3. The molecule has 1 aliphatic heterocycles. The minimum atomic E-state index is -0.939. The summed E-state index contributed by atoms with van der Waals surface area (Å²) in [4.78, 5) is 12.1. The molecule has 2 nitrogen and oxygen atoms in total. The third-order valence-corrected chi connectivity index (χ3v) is 2.41. The third-order valence-electron chi connectivity index (χ3n) is 2.04. The van der Waals surface area contributed by atoms with Gasteiger partial charge in [-0.25, -0.2) is 0 Å². The van der Waals surface area contributed by atoms with Gasteiger partial charge in [0.05, 0.1) is 0 Å². The van der Waals surface area contributed by atoms with E-state index in [1.807, 2.05) is 0 Å². The molecular weight excluding hydrogens is 197 g/mol. The van der Waals surface area contributed by atoms with Crippen molar-refractivity contribution in [2.75, 3.05) is 6.54 Å². The van der Waals surface area contributed by atoms with E-state index in [0.29, 0.717) is 0 Å². The summed E-state index contributed by atoms with van der Waals surface area (Å²) in [5.74, 6) is -0.208. The minimum absolute atomic E-state index is 0.123. The number of rotatable bonds is 2. The molecule has 1 atom stereocenters. The fourth-order valence-corrected chi connectivity index (χ4v) is 1.69. The van der Waals surface area contributed by atoms with Crippen molar-refractivity contribution in [3.63, 3.8) is 0 Å². The summed E-state index contributed by atoms with van der Waals surface area (Å²) in [6.07, 6.45) is 3.74. The molecule has 12 heavy (non-hydrogen) atoms. The lowest BCUT2D eigenvalue weighted by atomic mass is 10.2. The zero-order chi connectivity index (χ0) is 9.14. The summed E-state index contributed by atoms with van der Waals surface area (Å²) >= 11 is 10.9. The van der Waals surface area contributed by atoms with Crippen molar-refractivity contribution in [1.82, 2.24) is 4.90 Å². The van der Waals surface area contributed by atoms with Crippen LogP contribution in [0.5, 0.6) is 0 Å². The molecule has 0 spiro atoms. The maximum absolute atomic E-state index is 11.3. The molecule has 4 heteroatoms. The van der Waals surface area contributed by atoms with Gasteiger partial charge in [0, 0.05) is 12.6 Å². The van der Waals surface area contributed by atoms with E-state index in [4.69, 9.17) is 23.2 Å². The number of halogens is 2. The van der Waals surface area contributed by atoms with Crippen molar-refractivity contribution in [2.24, 2.45) is 0 Å². The van der Waals surface area contributed by atoms with E-state index in [-0.39, 0.29) is 11.9 Å². The number of hydrogen-bond donors (Lipinski definition) is 0. The van der Waals surface area contributed by atoms with Gasteiger partial charge in [0.15, 0.2) is 4.84 Å². The topological polar surface area (TPSA) is 20.3 Å². The Hall–Kier alpha value is -0.210. The molecule has 1 amide bonds. The zero-order valence-corrected chi connectivity index (χ0v) is 8.18. The van der Waals surface area contributed by atoms with Crippen LogP contribution < -0.4 is 0 Å². The van der Waals surface area contributed by atoms with Crippen molar-refractivity contribution < 1.29 is 4.79 Å². The molecule has 0 aromatic rings. The van der Waals surface area contributed by atoms with E-state index in [1.54, 1.807) is 11.0 Å². The second kappa shape index (κ2) is 4.15. The quantitative estimate of drug-likeness (QED) is 0.501. The second-order valence-electron chi connectivity index (χ2n) is 2.78. The highest BCUT2D eigenvalue weighted by molar-refractivity contribution is 6.53. The first kappa shape index (κ1) is 9.87. The predicted molar refractivity (Wildman–Crippen MR) is 50.4 cm³/mol. The van der Waals surface area contributed by atoms with Crippen molar-refractivity contribution in [2.45, 2.75) is 23.7 Å². The highest BCUT2D eigenvalue weighted by atomic mass is 35.5. The average molecular weight is 208 g/mol. The van der Waals surface area contributed by atoms with Gasteiger partial charge in [-0.15, -0.1) is 6.58 Å². The van der Waals surface area contributed by atoms with Gasteiger partial charge in [-0.1, -0.05) is 29.3 Å². The number of likely N-dealkylation sites (tertiary alicyclic amines) is 1. The molecule has 1 aliphatic rings. The molecule has 1 rings (SSSR count). The van der Waals surface area contributed by atoms with Gasteiger partial charge in [0.2, 0.25) is 0 Å². The first-order valence-corrected chi connectivity index (χ1v) is 4.75. The summed E-state index contributed by atoms with van der Waals surface area (Å²) < 4.78 is 0. The normalized spacial score (nSPS) is 23.2. The van der Waals surface area contributed by atoms with Crippen LogP contribution in [0.3, 0.4) is 0 Å². The Kier molecular flexibility index (Phi) is 3.41. The highest BCUT2D eigenvalue weighted by Gasteiger charge is 2.29. The molecule has 1 saturated heterocycles. The average Bonchev–Trinajstić information content (AvgIpc) is 2.49. The van der Waals surface area contributed by atoms with Gasteiger partial charge in [-0.05, 0) is 12.8 Å². The number of nitrogens with zero attached hydrogens (tertiary/aromatic N) is 1. The summed E-state index contributed by atoms with van der Waals surface area (Å²) in [6.45, 7) is 4.40. The molecule has 0 aliphatic carbocycles. The lowest BCUT2D eigenvalue weighted by Gasteiger charge is -2.22. The van der Waals surface area contributed by atoms with Crippen molar-refractivity contribution >= 4 is 29.1 Å². The number of carbonyl (C=O) groups is 1. The van der Waals surface area contributed by atoms with E-state index in [0.717, 1.165) is 19.4 Å². The highest BCUT2D eigenvalue weighted by Crippen LogP contribution is 2.20. The number of amides is 1. The summed E-state index contributed by atoms with van der Waals surface area (Å²) in [7, 11) is 0. The molecule has 0 bridgehead atoms. The Bertz CT molecular complexity index is 193. The number of carbonyl (C=O) groups excluding carboxylic acids is 1. The third kappa shape index (κ3) is 1.93. The van der Waals surface area contributed by atoms with E-state index < -0.39 is 4.84 Å². The molecule has 0 aromatic heterocycles. The van der Waals surface area contributed by atoms with Gasteiger partial charge < -0.3 is 4.90 Å². The SMILES string of the molecule is C=CC1CCCN1C(=O)C(Cl)Cl. The zero-order valence-electron chi connectivity index (χ0n) is 6.67. The fraction of sp³-hybridized carbons (Fsp3) is 0.625. The minimum Gasteiger partial charge on any atom is -0.334 e. The van der Waals surface area contributed by atoms with Crippen LogP contribution in [0.25, 0.3) is 0 Å². The van der Waals surface area contributed by atoms with Crippen molar-refractivity contribution in [1.29, 1.82) is 0 Å². The monoisotopic (exact) mass is 207 g/mol. The van der Waals surface area contributed by atoms with E-state index in [2.05, 4.69) is 6.58 Å². The van der Waals surface area contributed by atoms with Crippen LogP contribution >= 0.6 is 23.2 Å². The lowest BCUT2D eigenvalue weighted by Crippen LogP contribution is -2.37. The first-order chi connectivity index (χ1) is 5.66. The standard InChI is InChI=1S/C8H11Cl2NO/c1-2-6-4-3-5-11(6)8(12)7(9)10/h2,6-7H,1,3-5H2. The molecule has 1 fully saturated rings. The van der Waals surface area contributed by atoms with Crippen LogP contribution in [0.2, 0.25) is 0 Å². The number of alkyl halides is 2. The van der Waals surface area contributed by atoms with Gasteiger partial charge in [0.25, 0.3) is 5.91 Å². The van der Waals surface area contributed by atoms with Crippen molar-refractivity contribution in [3.8, 4) is 0 Å². The van der Waals surface area contributed by atoms with Crippen LogP contribution in [0.15, 0.2) is 12.7 Å². The van der Waals surface area contributed by atoms with Crippen LogP contribution in [-0.4, -0.2) is 28.2 Å². The molecular formula is C8H11Cl2NO. The Morgan fingerprint density at radius 2 is 2.33 bits per heavy atom. The Balaban J connectivity index is 2.61. The van der Waals surface area contributed by atoms with Gasteiger partial charge >= 0.3 is 0 Å². The van der Waals surface area contributed by atoms with Crippen LogP contribution in [0.1, 0.15) is 12.8 Å². The van der Waals surface area contributed by atoms with Crippen LogP contribution in [0, 0.1) is 0 Å². The van der Waals surface area contributed by atoms with Crippen molar-refractivity contribution in [3.05, 3.63) is 12.7 Å². The molecule has 0 radical (unpaired) electrons. The predicted octanol–water partition coefficient (Wildman–Crippen LogP) is 1.97. The molecule has 1 unspecified atom stereocenters. The van der Waals surface area contributed by atoms with Crippen LogP contribution in [0.4, 0.5) is 0 Å². The summed E-state index contributed by atoms with van der Waals surface area (Å²) in [5, 5.41) is 0. The Morgan fingerprint density at radius 1 is 1.67 bits per heavy atom. The maximum Gasteiger partial charge on any atom is 0.256 e. The largest absolute Gasteiger partial charge is 0.334 e. The summed E-state index contributed by atoms with van der Waals surface area (Å²) in [5.41, 5.74) is 0. The van der Waals surface area contributed by atoms with Gasteiger partial charge in [-0.2, -0.15) is 0 Å². The van der Waals surface area contributed by atoms with E-state index >= 15 is 0 Å². The van der Waals surface area contributed by atoms with E-state index in [1.165, 1.54) is 0 Å². The fourth-order valence-electron chi connectivity index (χ4n) is 1.44. The summed E-state index contributed by atoms with van der Waals surface area (Å²) in [6, 6.07) is 0.123. The Labute approximate surface area is 82.1 Å². The molecule has 0 N–H and O–H groups in total. The van der Waals surface area contributed by atoms with Crippen LogP contribution in [-0.2, 0) is 4.79 Å². The second-order valence-corrected chi connectivity index (χ2v) is 3.87. The first-order valence-electron chi connectivity index (χ1n) is 3.88. The lowest BCUT2D eigenvalue weighted by molar-refractivity contribution is -0.129. The van der Waals surface area contributed by atoms with E-state index in [9.17, 15) is 4.79 Å². The molecule has 68 valence electrons.